The largest absolute Gasteiger partial charge is 0.457 e. The number of nitrogens with zero attached hydrogens (tertiary/aromatic N) is 4. The van der Waals surface area contributed by atoms with Crippen LogP contribution in [0.2, 0.25) is 0 Å². The van der Waals surface area contributed by atoms with Gasteiger partial charge in [0.2, 0.25) is 11.9 Å². The summed E-state index contributed by atoms with van der Waals surface area (Å²) in [6.07, 6.45) is -0.587. The number of rotatable bonds is 6. The Morgan fingerprint density at radius 2 is 1.88 bits per heavy atom. The molecule has 1 aromatic heterocycles. The van der Waals surface area contributed by atoms with Gasteiger partial charge in [0.25, 0.3) is 0 Å². The molecule has 1 amide bonds. The van der Waals surface area contributed by atoms with Crippen LogP contribution in [0.5, 0.6) is 0 Å². The molecule has 24 heavy (non-hydrogen) atoms. The van der Waals surface area contributed by atoms with Gasteiger partial charge < -0.3 is 25.4 Å². The van der Waals surface area contributed by atoms with Crippen molar-refractivity contribution in [3.8, 4) is 0 Å². The Bertz CT molecular complexity index is 585. The molecule has 1 rings (SSSR count). The molecule has 0 aromatic carbocycles. The normalized spacial score (nSPS) is 10.9. The summed E-state index contributed by atoms with van der Waals surface area (Å²) in [4.78, 5) is 36.7. The van der Waals surface area contributed by atoms with E-state index in [-0.39, 0.29) is 31.3 Å². The van der Waals surface area contributed by atoms with Gasteiger partial charge in [-0.3, -0.25) is 4.79 Å². The van der Waals surface area contributed by atoms with Crippen LogP contribution in [0.15, 0.2) is 0 Å². The summed E-state index contributed by atoms with van der Waals surface area (Å²) in [5.74, 6) is 0.169. The lowest BCUT2D eigenvalue weighted by molar-refractivity contribution is -0.145. The lowest BCUT2D eigenvalue weighted by Crippen LogP contribution is -2.33. The predicted molar refractivity (Wildman–Crippen MR) is 87.2 cm³/mol. The van der Waals surface area contributed by atoms with Gasteiger partial charge in [0, 0.05) is 20.6 Å². The van der Waals surface area contributed by atoms with Crippen molar-refractivity contribution in [3.63, 3.8) is 0 Å². The molecule has 10 heteroatoms. The highest BCUT2D eigenvalue weighted by molar-refractivity contribution is 5.71. The van der Waals surface area contributed by atoms with E-state index < -0.39 is 17.7 Å². The SMILES string of the molecule is CN(C)c1nc(N)nc(COC(=O)CCNC(=O)OC(C)(C)C)n1. The third-order valence-corrected chi connectivity index (χ3v) is 2.45. The van der Waals surface area contributed by atoms with Gasteiger partial charge in [-0.2, -0.15) is 15.0 Å². The summed E-state index contributed by atoms with van der Waals surface area (Å²) in [7, 11) is 3.51. The molecule has 0 radical (unpaired) electrons. The van der Waals surface area contributed by atoms with Crippen molar-refractivity contribution < 1.29 is 19.1 Å². The zero-order valence-corrected chi connectivity index (χ0v) is 14.6. The number of anilines is 2. The summed E-state index contributed by atoms with van der Waals surface area (Å²) in [5, 5.41) is 2.47. The smallest absolute Gasteiger partial charge is 0.407 e. The maximum atomic E-state index is 11.7. The second kappa shape index (κ2) is 8.27. The standard InChI is InChI=1S/C14H24N6O4/c1-14(2,3)24-13(22)16-7-6-10(21)23-8-9-17-11(15)19-12(18-9)20(4)5/h6-8H2,1-5H3,(H,16,22)(H2,15,17,18,19). The molecule has 1 heterocycles. The molecule has 0 aliphatic carbocycles. The molecule has 134 valence electrons. The molecule has 0 unspecified atom stereocenters. The van der Waals surface area contributed by atoms with Gasteiger partial charge in [-0.25, -0.2) is 4.79 Å². The number of nitrogen functional groups attached to an aromatic ring is 1. The van der Waals surface area contributed by atoms with E-state index in [0.717, 1.165) is 0 Å². The first kappa shape index (κ1) is 19.4. The van der Waals surface area contributed by atoms with Crippen LogP contribution in [0.4, 0.5) is 16.7 Å². The van der Waals surface area contributed by atoms with Gasteiger partial charge in [-0.05, 0) is 20.8 Å². The summed E-state index contributed by atoms with van der Waals surface area (Å²) in [5.41, 5.74) is 4.99. The molecule has 1 aromatic rings. The number of carbonyl (C=O) groups is 2. The average molecular weight is 340 g/mol. The van der Waals surface area contributed by atoms with Gasteiger partial charge in [0.05, 0.1) is 6.42 Å². The van der Waals surface area contributed by atoms with Crippen molar-refractivity contribution in [2.24, 2.45) is 0 Å². The summed E-state index contributed by atoms with van der Waals surface area (Å²) < 4.78 is 10.1. The van der Waals surface area contributed by atoms with Crippen LogP contribution in [0, 0.1) is 0 Å². The number of alkyl carbamates (subject to hydrolysis) is 1. The van der Waals surface area contributed by atoms with Gasteiger partial charge in [0.15, 0.2) is 12.4 Å². The van der Waals surface area contributed by atoms with E-state index in [1.165, 1.54) is 0 Å². The minimum Gasteiger partial charge on any atom is -0.457 e. The van der Waals surface area contributed by atoms with E-state index in [1.807, 2.05) is 0 Å². The third-order valence-electron chi connectivity index (χ3n) is 2.45. The third kappa shape index (κ3) is 7.56. The fourth-order valence-corrected chi connectivity index (χ4v) is 1.49. The minimum absolute atomic E-state index is 0.000344. The molecule has 0 fully saturated rings. The number of nitrogens with one attached hydrogen (secondary N) is 1. The zero-order valence-electron chi connectivity index (χ0n) is 14.6. The van der Waals surface area contributed by atoms with E-state index in [2.05, 4.69) is 20.3 Å². The first-order valence-electron chi connectivity index (χ1n) is 7.37. The fourth-order valence-electron chi connectivity index (χ4n) is 1.49. The molecule has 3 N–H and O–H groups in total. The van der Waals surface area contributed by atoms with Crippen molar-refractivity contribution in [3.05, 3.63) is 5.82 Å². The highest BCUT2D eigenvalue weighted by Crippen LogP contribution is 2.07. The first-order valence-corrected chi connectivity index (χ1v) is 7.37. The van der Waals surface area contributed by atoms with Crippen molar-refractivity contribution in [1.29, 1.82) is 0 Å². The van der Waals surface area contributed by atoms with Gasteiger partial charge in [-0.15, -0.1) is 0 Å². The first-order chi connectivity index (χ1) is 11.1. The lowest BCUT2D eigenvalue weighted by atomic mass is 10.2. The van der Waals surface area contributed by atoms with Crippen LogP contribution in [-0.2, 0) is 20.9 Å². The molecule has 10 nitrogen and oxygen atoms in total. The molecule has 0 aliphatic heterocycles. The number of esters is 1. The summed E-state index contributed by atoms with van der Waals surface area (Å²) in [6, 6.07) is 0. The van der Waals surface area contributed by atoms with Crippen LogP contribution < -0.4 is 16.0 Å². The molecular formula is C14H24N6O4. The van der Waals surface area contributed by atoms with Gasteiger partial charge in [-0.1, -0.05) is 0 Å². The zero-order chi connectivity index (χ0) is 18.3. The highest BCUT2D eigenvalue weighted by Gasteiger charge is 2.16. The lowest BCUT2D eigenvalue weighted by Gasteiger charge is -2.19. The van der Waals surface area contributed by atoms with Crippen molar-refractivity contribution in [1.82, 2.24) is 20.3 Å². The van der Waals surface area contributed by atoms with E-state index in [1.54, 1.807) is 39.8 Å². The summed E-state index contributed by atoms with van der Waals surface area (Å²) in [6.45, 7) is 5.24. The maximum absolute atomic E-state index is 11.7. The Morgan fingerprint density at radius 1 is 1.21 bits per heavy atom. The van der Waals surface area contributed by atoms with Crippen LogP contribution in [0.3, 0.4) is 0 Å². The van der Waals surface area contributed by atoms with E-state index in [9.17, 15) is 9.59 Å². The molecule has 0 aliphatic rings. The second-order valence-corrected chi connectivity index (χ2v) is 6.14. The molecule has 0 bridgehead atoms. The minimum atomic E-state index is -0.590. The van der Waals surface area contributed by atoms with Crippen molar-refractivity contribution in [2.75, 3.05) is 31.3 Å². The number of hydrogen-bond donors (Lipinski definition) is 2. The number of nitrogens with two attached hydrogens (primary N) is 1. The molecule has 0 saturated carbocycles. The van der Waals surface area contributed by atoms with Crippen LogP contribution in [-0.4, -0.2) is 53.3 Å². The Labute approximate surface area is 140 Å². The average Bonchev–Trinajstić information content (AvgIpc) is 2.42. The molecule has 0 saturated heterocycles. The second-order valence-electron chi connectivity index (χ2n) is 6.14. The van der Waals surface area contributed by atoms with Gasteiger partial charge in [0.1, 0.15) is 5.60 Å². The van der Waals surface area contributed by atoms with E-state index in [4.69, 9.17) is 15.2 Å². The van der Waals surface area contributed by atoms with Crippen LogP contribution in [0.25, 0.3) is 0 Å². The number of aromatic nitrogens is 3. The number of ether oxygens (including phenoxy) is 2. The Hall–Kier alpha value is -2.65. The van der Waals surface area contributed by atoms with Crippen LogP contribution >= 0.6 is 0 Å². The van der Waals surface area contributed by atoms with E-state index >= 15 is 0 Å². The van der Waals surface area contributed by atoms with Gasteiger partial charge >= 0.3 is 12.1 Å². The number of carbonyl (C=O) groups excluding carboxylic acids is 2. The number of hydrogen-bond acceptors (Lipinski definition) is 9. The Balaban J connectivity index is 2.38. The monoisotopic (exact) mass is 340 g/mol. The van der Waals surface area contributed by atoms with Crippen molar-refractivity contribution >= 4 is 24.0 Å². The molecule has 0 spiro atoms. The maximum Gasteiger partial charge on any atom is 0.407 e. The fraction of sp³-hybridized carbons (Fsp3) is 0.643. The number of amides is 1. The Kier molecular flexibility index (Phi) is 6.69. The quantitative estimate of drug-likeness (QED) is 0.709. The topological polar surface area (TPSA) is 133 Å². The highest BCUT2D eigenvalue weighted by atomic mass is 16.6. The predicted octanol–water partition coefficient (Wildman–Crippen LogP) is 0.478. The Morgan fingerprint density at radius 3 is 2.46 bits per heavy atom. The summed E-state index contributed by atoms with van der Waals surface area (Å²) >= 11 is 0. The molecule has 0 atom stereocenters. The van der Waals surface area contributed by atoms with Crippen LogP contribution in [0.1, 0.15) is 33.0 Å². The van der Waals surface area contributed by atoms with Crippen molar-refractivity contribution in [2.45, 2.75) is 39.4 Å². The molecular weight excluding hydrogens is 316 g/mol. The van der Waals surface area contributed by atoms with E-state index in [0.29, 0.717) is 5.95 Å².